The summed E-state index contributed by atoms with van der Waals surface area (Å²) in [6, 6.07) is 4.77. The number of aliphatic hydroxyl groups is 1. The van der Waals surface area contributed by atoms with Gasteiger partial charge in [0.15, 0.2) is 0 Å². The lowest BCUT2D eigenvalue weighted by molar-refractivity contribution is 0.0906. The molecule has 0 aliphatic carbocycles. The Balaban J connectivity index is 1.89. The SMILES string of the molecule is CCCc1nnsc1C(=O)NCC(O)Cn1ccccc1=O. The summed E-state index contributed by atoms with van der Waals surface area (Å²) in [5, 5.41) is 16.5. The van der Waals surface area contributed by atoms with Crippen LogP contribution in [0.5, 0.6) is 0 Å². The number of carbonyl (C=O) groups excluding carboxylic acids is 1. The molecule has 0 aromatic carbocycles. The Morgan fingerprint density at radius 1 is 1.50 bits per heavy atom. The van der Waals surface area contributed by atoms with Crippen molar-refractivity contribution < 1.29 is 9.90 Å². The van der Waals surface area contributed by atoms with E-state index in [9.17, 15) is 14.7 Å². The predicted octanol–water partition coefficient (Wildman–Crippen LogP) is 0.443. The van der Waals surface area contributed by atoms with Crippen LogP contribution < -0.4 is 10.9 Å². The summed E-state index contributed by atoms with van der Waals surface area (Å²) in [5.41, 5.74) is 0.489. The van der Waals surface area contributed by atoms with E-state index in [0.29, 0.717) is 17.0 Å². The van der Waals surface area contributed by atoms with Crippen LogP contribution in [0.3, 0.4) is 0 Å². The number of amides is 1. The van der Waals surface area contributed by atoms with Gasteiger partial charge in [0.05, 0.1) is 18.3 Å². The standard InChI is InChI=1S/C14H18N4O3S/c1-2-5-11-13(22-17-16-11)14(21)15-8-10(19)9-18-7-4-3-6-12(18)20/h3-4,6-7,10,19H,2,5,8-9H2,1H3,(H,15,21). The molecule has 0 radical (unpaired) electrons. The van der Waals surface area contributed by atoms with Crippen LogP contribution in [0.4, 0.5) is 0 Å². The first-order valence-corrected chi connectivity index (χ1v) is 7.82. The van der Waals surface area contributed by atoms with E-state index in [0.717, 1.165) is 18.0 Å². The molecule has 2 aromatic heterocycles. The zero-order valence-corrected chi connectivity index (χ0v) is 13.0. The third kappa shape index (κ3) is 4.22. The average molecular weight is 322 g/mol. The van der Waals surface area contributed by atoms with Crippen LogP contribution >= 0.6 is 11.5 Å². The lowest BCUT2D eigenvalue weighted by Gasteiger charge is -2.13. The fraction of sp³-hybridized carbons (Fsp3) is 0.429. The molecule has 1 amide bonds. The molecule has 7 nitrogen and oxygen atoms in total. The Morgan fingerprint density at radius 3 is 3.05 bits per heavy atom. The van der Waals surface area contributed by atoms with Crippen molar-refractivity contribution in [3.05, 3.63) is 45.3 Å². The lowest BCUT2D eigenvalue weighted by Crippen LogP contribution is -2.36. The van der Waals surface area contributed by atoms with Crippen molar-refractivity contribution in [2.24, 2.45) is 0 Å². The van der Waals surface area contributed by atoms with Gasteiger partial charge in [-0.25, -0.2) is 0 Å². The highest BCUT2D eigenvalue weighted by Crippen LogP contribution is 2.12. The maximum atomic E-state index is 12.1. The lowest BCUT2D eigenvalue weighted by atomic mass is 10.2. The van der Waals surface area contributed by atoms with Crippen LogP contribution in [-0.2, 0) is 13.0 Å². The van der Waals surface area contributed by atoms with Gasteiger partial charge in [-0.1, -0.05) is 23.9 Å². The molecule has 0 spiro atoms. The second kappa shape index (κ2) is 7.81. The van der Waals surface area contributed by atoms with Gasteiger partial charge >= 0.3 is 0 Å². The molecule has 0 aliphatic heterocycles. The number of nitrogens with zero attached hydrogens (tertiary/aromatic N) is 3. The summed E-state index contributed by atoms with van der Waals surface area (Å²) >= 11 is 1.05. The molecule has 1 atom stereocenters. The van der Waals surface area contributed by atoms with E-state index >= 15 is 0 Å². The summed E-state index contributed by atoms with van der Waals surface area (Å²) < 4.78 is 5.19. The van der Waals surface area contributed by atoms with Crippen molar-refractivity contribution in [3.8, 4) is 0 Å². The van der Waals surface area contributed by atoms with Crippen LogP contribution in [-0.4, -0.2) is 37.8 Å². The van der Waals surface area contributed by atoms with Crippen molar-refractivity contribution in [1.82, 2.24) is 19.5 Å². The second-order valence-corrected chi connectivity index (χ2v) is 5.61. The molecule has 0 bridgehead atoms. The molecule has 0 saturated carbocycles. The van der Waals surface area contributed by atoms with E-state index in [1.807, 2.05) is 6.92 Å². The van der Waals surface area contributed by atoms with E-state index in [-0.39, 0.29) is 24.6 Å². The first kappa shape index (κ1) is 16.3. The van der Waals surface area contributed by atoms with Gasteiger partial charge in [-0.2, -0.15) is 0 Å². The fourth-order valence-corrected chi connectivity index (χ4v) is 2.60. The first-order chi connectivity index (χ1) is 10.6. The minimum Gasteiger partial charge on any atom is -0.389 e. The van der Waals surface area contributed by atoms with Crippen molar-refractivity contribution >= 4 is 17.4 Å². The molecule has 0 saturated heterocycles. The minimum atomic E-state index is -0.848. The van der Waals surface area contributed by atoms with Gasteiger partial charge in [-0.3, -0.25) is 9.59 Å². The molecule has 0 fully saturated rings. The topological polar surface area (TPSA) is 97.1 Å². The molecule has 2 heterocycles. The van der Waals surface area contributed by atoms with E-state index in [1.165, 1.54) is 10.6 Å². The van der Waals surface area contributed by atoms with E-state index < -0.39 is 6.10 Å². The monoisotopic (exact) mass is 322 g/mol. The Kier molecular flexibility index (Phi) is 5.79. The zero-order valence-electron chi connectivity index (χ0n) is 12.2. The number of aliphatic hydroxyl groups excluding tert-OH is 1. The smallest absolute Gasteiger partial charge is 0.265 e. The molecule has 2 rings (SSSR count). The van der Waals surface area contributed by atoms with Crippen molar-refractivity contribution in [2.75, 3.05) is 6.54 Å². The Hall–Kier alpha value is -2.06. The van der Waals surface area contributed by atoms with Crippen molar-refractivity contribution in [2.45, 2.75) is 32.4 Å². The third-order valence-corrected chi connectivity index (χ3v) is 3.82. The molecular formula is C14H18N4O3S. The van der Waals surface area contributed by atoms with E-state index in [1.54, 1.807) is 18.3 Å². The number of hydrogen-bond donors (Lipinski definition) is 2. The van der Waals surface area contributed by atoms with E-state index in [4.69, 9.17) is 0 Å². The predicted molar refractivity (Wildman–Crippen MR) is 82.9 cm³/mol. The van der Waals surface area contributed by atoms with Crippen LogP contribution in [0.25, 0.3) is 0 Å². The van der Waals surface area contributed by atoms with Crippen molar-refractivity contribution in [3.63, 3.8) is 0 Å². The molecule has 2 N–H and O–H groups in total. The molecular weight excluding hydrogens is 304 g/mol. The van der Waals surface area contributed by atoms with Crippen molar-refractivity contribution in [1.29, 1.82) is 0 Å². The summed E-state index contributed by atoms with van der Waals surface area (Å²) in [6.45, 7) is 2.19. The molecule has 2 aromatic rings. The number of aryl methyl sites for hydroxylation is 1. The molecule has 118 valence electrons. The number of pyridine rings is 1. The Labute approximate surface area is 131 Å². The summed E-state index contributed by atoms with van der Waals surface area (Å²) in [5.74, 6) is -0.294. The van der Waals surface area contributed by atoms with Gasteiger partial charge in [-0.05, 0) is 24.0 Å². The number of carbonyl (C=O) groups is 1. The Bertz CT molecular complexity index is 682. The number of rotatable bonds is 7. The van der Waals surface area contributed by atoms with Gasteiger partial charge in [0.1, 0.15) is 4.88 Å². The summed E-state index contributed by atoms with van der Waals surface area (Å²) in [4.78, 5) is 24.1. The maximum Gasteiger partial charge on any atom is 0.265 e. The zero-order chi connectivity index (χ0) is 15.9. The second-order valence-electron chi connectivity index (χ2n) is 4.85. The summed E-state index contributed by atoms with van der Waals surface area (Å²) in [6.07, 6.45) is 2.33. The normalized spacial score (nSPS) is 12.1. The maximum absolute atomic E-state index is 12.1. The van der Waals surface area contributed by atoms with Crippen LogP contribution in [0.2, 0.25) is 0 Å². The highest BCUT2D eigenvalue weighted by Gasteiger charge is 2.16. The fourth-order valence-electron chi connectivity index (χ4n) is 1.98. The quantitative estimate of drug-likeness (QED) is 0.771. The van der Waals surface area contributed by atoms with Gasteiger partial charge < -0.3 is 15.0 Å². The molecule has 1 unspecified atom stereocenters. The van der Waals surface area contributed by atoms with Gasteiger partial charge in [0.25, 0.3) is 11.5 Å². The highest BCUT2D eigenvalue weighted by molar-refractivity contribution is 7.08. The van der Waals surface area contributed by atoms with Gasteiger partial charge in [0, 0.05) is 18.8 Å². The molecule has 8 heteroatoms. The van der Waals surface area contributed by atoms with Gasteiger partial charge in [0.2, 0.25) is 0 Å². The molecule has 0 aliphatic rings. The first-order valence-electron chi connectivity index (χ1n) is 7.04. The van der Waals surface area contributed by atoms with Crippen LogP contribution in [0.1, 0.15) is 28.7 Å². The largest absolute Gasteiger partial charge is 0.389 e. The molecule has 22 heavy (non-hydrogen) atoms. The minimum absolute atomic E-state index is 0.0592. The summed E-state index contributed by atoms with van der Waals surface area (Å²) in [7, 11) is 0. The third-order valence-electron chi connectivity index (χ3n) is 3.05. The highest BCUT2D eigenvalue weighted by atomic mass is 32.1. The van der Waals surface area contributed by atoms with Crippen LogP contribution in [0, 0.1) is 0 Å². The Morgan fingerprint density at radius 2 is 2.32 bits per heavy atom. The van der Waals surface area contributed by atoms with Gasteiger partial charge in [-0.15, -0.1) is 5.10 Å². The number of nitrogens with one attached hydrogen (secondary N) is 1. The number of hydrogen-bond acceptors (Lipinski definition) is 6. The van der Waals surface area contributed by atoms with Crippen LogP contribution in [0.15, 0.2) is 29.2 Å². The average Bonchev–Trinajstić information content (AvgIpc) is 2.96. The number of aromatic nitrogens is 3. The van der Waals surface area contributed by atoms with E-state index in [2.05, 4.69) is 14.9 Å².